The van der Waals surface area contributed by atoms with Crippen molar-refractivity contribution in [3.8, 4) is 12.1 Å². The molecule has 1 aromatic heterocycles. The SMILES string of the molecule is CC1=C(C#N)c2nc(N)c(C#N)c(C)c2/C1=C/c1ccc(C(C)C)cc1. The largest absolute Gasteiger partial charge is 0.383 e. The highest BCUT2D eigenvalue weighted by atomic mass is 14.9. The molecule has 0 unspecified atom stereocenters. The standard InChI is InChI=1S/C22H20N4/c1-12(2)16-7-5-15(6-8-16)9-17-13(3)18(10-23)21-20(17)14(4)19(11-24)22(25)26-21/h5-9,12H,1-4H3,(H2,25,26)/b17-9+. The van der Waals surface area contributed by atoms with Gasteiger partial charge >= 0.3 is 0 Å². The summed E-state index contributed by atoms with van der Waals surface area (Å²) in [6.45, 7) is 8.10. The Kier molecular flexibility index (Phi) is 4.36. The van der Waals surface area contributed by atoms with Crippen molar-refractivity contribution >= 4 is 23.0 Å². The van der Waals surface area contributed by atoms with E-state index < -0.39 is 0 Å². The molecule has 3 rings (SSSR count). The Bertz CT molecular complexity index is 1040. The van der Waals surface area contributed by atoms with E-state index in [0.717, 1.165) is 27.8 Å². The van der Waals surface area contributed by atoms with Gasteiger partial charge in [-0.15, -0.1) is 0 Å². The second kappa shape index (κ2) is 6.50. The molecule has 0 spiro atoms. The van der Waals surface area contributed by atoms with Gasteiger partial charge in [0.2, 0.25) is 0 Å². The van der Waals surface area contributed by atoms with E-state index in [1.54, 1.807) is 0 Å². The average Bonchev–Trinajstić information content (AvgIpc) is 2.87. The molecule has 2 N–H and O–H groups in total. The highest BCUT2D eigenvalue weighted by molar-refractivity contribution is 6.08. The first kappa shape index (κ1) is 17.5. The topological polar surface area (TPSA) is 86.5 Å². The van der Waals surface area contributed by atoms with Crippen molar-refractivity contribution in [1.29, 1.82) is 10.5 Å². The van der Waals surface area contributed by atoms with Crippen molar-refractivity contribution in [3.05, 3.63) is 63.3 Å². The number of anilines is 1. The van der Waals surface area contributed by atoms with Crippen LogP contribution < -0.4 is 5.73 Å². The van der Waals surface area contributed by atoms with Crippen LogP contribution in [0, 0.1) is 29.6 Å². The van der Waals surface area contributed by atoms with Gasteiger partial charge in [0, 0.05) is 5.56 Å². The molecule has 128 valence electrons. The van der Waals surface area contributed by atoms with Gasteiger partial charge in [0.1, 0.15) is 18.0 Å². The molecule has 2 aromatic rings. The number of pyridine rings is 1. The summed E-state index contributed by atoms with van der Waals surface area (Å²) >= 11 is 0. The van der Waals surface area contributed by atoms with Gasteiger partial charge in [-0.3, -0.25) is 0 Å². The molecular formula is C22H20N4. The molecule has 0 radical (unpaired) electrons. The minimum atomic E-state index is 0.173. The first-order valence-corrected chi connectivity index (χ1v) is 8.53. The first-order chi connectivity index (χ1) is 12.4. The van der Waals surface area contributed by atoms with Crippen LogP contribution in [0.2, 0.25) is 0 Å². The van der Waals surface area contributed by atoms with E-state index in [-0.39, 0.29) is 5.82 Å². The number of nitrogens with two attached hydrogens (primary N) is 1. The van der Waals surface area contributed by atoms with Gasteiger partial charge in [-0.25, -0.2) is 4.98 Å². The lowest BCUT2D eigenvalue weighted by Gasteiger charge is -2.11. The van der Waals surface area contributed by atoms with Gasteiger partial charge in [-0.05, 0) is 53.7 Å². The van der Waals surface area contributed by atoms with Gasteiger partial charge in [-0.2, -0.15) is 10.5 Å². The summed E-state index contributed by atoms with van der Waals surface area (Å²) in [6.07, 6.45) is 2.05. The Labute approximate surface area is 153 Å². The van der Waals surface area contributed by atoms with Crippen LogP contribution >= 0.6 is 0 Å². The number of hydrogen-bond donors (Lipinski definition) is 1. The molecule has 0 fully saturated rings. The maximum atomic E-state index is 9.59. The smallest absolute Gasteiger partial charge is 0.142 e. The zero-order valence-corrected chi connectivity index (χ0v) is 15.4. The zero-order valence-electron chi connectivity index (χ0n) is 15.4. The van der Waals surface area contributed by atoms with Crippen molar-refractivity contribution in [3.63, 3.8) is 0 Å². The third kappa shape index (κ3) is 2.66. The first-order valence-electron chi connectivity index (χ1n) is 8.53. The lowest BCUT2D eigenvalue weighted by Crippen LogP contribution is -2.03. The summed E-state index contributed by atoms with van der Waals surface area (Å²) in [4.78, 5) is 4.35. The van der Waals surface area contributed by atoms with Crippen LogP contribution in [0.5, 0.6) is 0 Å². The fraction of sp³-hybridized carbons (Fsp3) is 0.227. The summed E-state index contributed by atoms with van der Waals surface area (Å²) in [5.41, 5.74) is 13.1. The molecule has 1 aliphatic carbocycles. The Morgan fingerprint density at radius 1 is 1.08 bits per heavy atom. The van der Waals surface area contributed by atoms with E-state index in [9.17, 15) is 10.5 Å². The predicted molar refractivity (Wildman–Crippen MR) is 105 cm³/mol. The molecule has 26 heavy (non-hydrogen) atoms. The Balaban J connectivity index is 2.23. The van der Waals surface area contributed by atoms with Gasteiger partial charge in [0.05, 0.1) is 16.8 Å². The predicted octanol–water partition coefficient (Wildman–Crippen LogP) is 4.82. The third-order valence-electron chi connectivity index (χ3n) is 4.90. The number of benzene rings is 1. The van der Waals surface area contributed by atoms with Gasteiger partial charge in [0.25, 0.3) is 0 Å². The highest BCUT2D eigenvalue weighted by Gasteiger charge is 2.29. The Hall–Kier alpha value is -3.37. The molecule has 4 heteroatoms. The van der Waals surface area contributed by atoms with E-state index in [1.807, 2.05) is 13.8 Å². The summed E-state index contributed by atoms with van der Waals surface area (Å²) in [5.74, 6) is 0.648. The number of hydrogen-bond acceptors (Lipinski definition) is 4. The molecule has 0 atom stereocenters. The number of rotatable bonds is 2. The van der Waals surface area contributed by atoms with E-state index in [1.165, 1.54) is 5.56 Å². The maximum Gasteiger partial charge on any atom is 0.142 e. The van der Waals surface area contributed by atoms with Gasteiger partial charge < -0.3 is 5.73 Å². The molecule has 0 saturated carbocycles. The van der Waals surface area contributed by atoms with Gasteiger partial charge in [-0.1, -0.05) is 38.1 Å². The third-order valence-corrected chi connectivity index (χ3v) is 4.90. The quantitative estimate of drug-likeness (QED) is 0.849. The van der Waals surface area contributed by atoms with Crippen molar-refractivity contribution in [2.24, 2.45) is 0 Å². The van der Waals surface area contributed by atoms with Crippen LogP contribution in [-0.2, 0) is 0 Å². The maximum absolute atomic E-state index is 9.59. The van der Waals surface area contributed by atoms with E-state index in [0.29, 0.717) is 22.7 Å². The summed E-state index contributed by atoms with van der Waals surface area (Å²) in [7, 11) is 0. The lowest BCUT2D eigenvalue weighted by molar-refractivity contribution is 0.866. The molecule has 1 aromatic carbocycles. The highest BCUT2D eigenvalue weighted by Crippen LogP contribution is 2.44. The van der Waals surface area contributed by atoms with E-state index in [4.69, 9.17) is 5.73 Å². The van der Waals surface area contributed by atoms with Crippen molar-refractivity contribution < 1.29 is 0 Å². The fourth-order valence-corrected chi connectivity index (χ4v) is 3.34. The summed E-state index contributed by atoms with van der Waals surface area (Å²) in [6, 6.07) is 12.8. The zero-order chi connectivity index (χ0) is 19.0. The fourth-order valence-electron chi connectivity index (χ4n) is 3.34. The van der Waals surface area contributed by atoms with Crippen molar-refractivity contribution in [1.82, 2.24) is 4.98 Å². The van der Waals surface area contributed by atoms with Gasteiger partial charge in [0.15, 0.2) is 0 Å². The van der Waals surface area contributed by atoms with E-state index >= 15 is 0 Å². The number of fused-ring (bicyclic) bond motifs is 1. The number of nitriles is 2. The number of aromatic nitrogens is 1. The number of nitrogen functional groups attached to an aromatic ring is 1. The molecule has 4 nitrogen and oxygen atoms in total. The monoisotopic (exact) mass is 340 g/mol. The number of allylic oxidation sites excluding steroid dienone is 3. The number of nitrogens with zero attached hydrogens (tertiary/aromatic N) is 3. The van der Waals surface area contributed by atoms with Crippen LogP contribution in [0.4, 0.5) is 5.82 Å². The summed E-state index contributed by atoms with van der Waals surface area (Å²) < 4.78 is 0. The molecule has 0 saturated heterocycles. The molecule has 0 bridgehead atoms. The van der Waals surface area contributed by atoms with E-state index in [2.05, 4.69) is 61.3 Å². The normalized spacial score (nSPS) is 14.5. The minimum Gasteiger partial charge on any atom is -0.383 e. The molecule has 1 aliphatic rings. The van der Waals surface area contributed by atoms with Crippen LogP contribution in [0.1, 0.15) is 60.2 Å². The minimum absolute atomic E-state index is 0.173. The molecule has 1 heterocycles. The average molecular weight is 340 g/mol. The molecule has 0 aliphatic heterocycles. The van der Waals surface area contributed by atoms with Crippen molar-refractivity contribution in [2.45, 2.75) is 33.6 Å². The lowest BCUT2D eigenvalue weighted by atomic mass is 9.95. The van der Waals surface area contributed by atoms with Crippen LogP contribution in [0.3, 0.4) is 0 Å². The Morgan fingerprint density at radius 3 is 2.27 bits per heavy atom. The molecule has 0 amide bonds. The second-order valence-electron chi connectivity index (χ2n) is 6.82. The molecular weight excluding hydrogens is 320 g/mol. The van der Waals surface area contributed by atoms with Crippen LogP contribution in [0.15, 0.2) is 29.8 Å². The van der Waals surface area contributed by atoms with Crippen molar-refractivity contribution in [2.75, 3.05) is 5.73 Å². The second-order valence-corrected chi connectivity index (χ2v) is 6.82. The van der Waals surface area contributed by atoms with Crippen LogP contribution in [0.25, 0.3) is 17.2 Å². The Morgan fingerprint density at radius 2 is 1.73 bits per heavy atom. The van der Waals surface area contributed by atoms with Crippen LogP contribution in [-0.4, -0.2) is 4.98 Å². The summed E-state index contributed by atoms with van der Waals surface area (Å²) in [5, 5.41) is 19.0.